The number of rotatable bonds is 2. The lowest BCUT2D eigenvalue weighted by molar-refractivity contribution is 0.0692. The molecule has 0 spiro atoms. The van der Waals surface area contributed by atoms with Gasteiger partial charge in [-0.3, -0.25) is 4.79 Å². The molecule has 86 valence electrons. The van der Waals surface area contributed by atoms with E-state index < -0.39 is 17.3 Å². The van der Waals surface area contributed by atoms with Crippen LogP contribution < -0.4 is 5.56 Å². The fraction of sp³-hybridized carbons (Fsp3) is 0. The number of carbonyl (C=O) groups is 1. The van der Waals surface area contributed by atoms with Crippen LogP contribution in [-0.4, -0.2) is 16.1 Å². The molecule has 0 aliphatic rings. The van der Waals surface area contributed by atoms with Crippen molar-refractivity contribution in [3.05, 3.63) is 58.3 Å². The molecular formula is C12H8FNO3. The van der Waals surface area contributed by atoms with Crippen molar-refractivity contribution in [3.63, 3.8) is 0 Å². The van der Waals surface area contributed by atoms with Gasteiger partial charge >= 0.3 is 5.97 Å². The largest absolute Gasteiger partial charge is 0.478 e. The number of carboxylic acids is 1. The van der Waals surface area contributed by atoms with Crippen LogP contribution in [0.1, 0.15) is 10.4 Å². The van der Waals surface area contributed by atoms with Crippen molar-refractivity contribution in [1.82, 2.24) is 4.98 Å². The number of H-pyrrole nitrogens is 1. The van der Waals surface area contributed by atoms with E-state index in [4.69, 9.17) is 5.11 Å². The van der Waals surface area contributed by atoms with Crippen molar-refractivity contribution in [2.24, 2.45) is 0 Å². The Bertz CT molecular complexity index is 634. The number of aromatic nitrogens is 1. The van der Waals surface area contributed by atoms with Crippen molar-refractivity contribution in [2.45, 2.75) is 0 Å². The second-order valence-electron chi connectivity index (χ2n) is 3.44. The van der Waals surface area contributed by atoms with Crippen molar-refractivity contribution in [1.29, 1.82) is 0 Å². The van der Waals surface area contributed by atoms with Crippen LogP contribution in [-0.2, 0) is 0 Å². The van der Waals surface area contributed by atoms with Crippen LogP contribution >= 0.6 is 0 Å². The highest BCUT2D eigenvalue weighted by Gasteiger charge is 2.11. The van der Waals surface area contributed by atoms with Crippen LogP contribution in [0, 0.1) is 5.82 Å². The molecule has 0 aliphatic heterocycles. The average Bonchev–Trinajstić information content (AvgIpc) is 2.28. The van der Waals surface area contributed by atoms with Gasteiger partial charge in [-0.05, 0) is 29.3 Å². The predicted octanol–water partition coefficient (Wildman–Crippen LogP) is 1.88. The number of hydrogen-bond donors (Lipinski definition) is 2. The smallest absolute Gasteiger partial charge is 0.338 e. The quantitative estimate of drug-likeness (QED) is 0.831. The van der Waals surface area contributed by atoms with E-state index in [1.165, 1.54) is 24.4 Å². The molecule has 5 heteroatoms. The van der Waals surface area contributed by atoms with Crippen LogP contribution in [0.15, 0.2) is 41.3 Å². The molecule has 0 amide bonds. The molecule has 0 saturated carbocycles. The third-order valence-corrected chi connectivity index (χ3v) is 2.31. The van der Waals surface area contributed by atoms with Gasteiger partial charge in [-0.2, -0.15) is 0 Å². The monoisotopic (exact) mass is 233 g/mol. The molecule has 0 saturated heterocycles. The molecule has 4 nitrogen and oxygen atoms in total. The van der Waals surface area contributed by atoms with Crippen LogP contribution in [0.5, 0.6) is 0 Å². The highest BCUT2D eigenvalue weighted by Crippen LogP contribution is 2.20. The van der Waals surface area contributed by atoms with Gasteiger partial charge in [0.05, 0.1) is 5.56 Å². The lowest BCUT2D eigenvalue weighted by atomic mass is 10.0. The van der Waals surface area contributed by atoms with Gasteiger partial charge in [0.1, 0.15) is 5.82 Å². The highest BCUT2D eigenvalue weighted by molar-refractivity contribution is 5.88. The Hall–Kier alpha value is -2.43. The van der Waals surface area contributed by atoms with Gasteiger partial charge in [0, 0.05) is 12.3 Å². The Balaban J connectivity index is 2.52. The van der Waals surface area contributed by atoms with Crippen LogP contribution in [0.25, 0.3) is 11.1 Å². The molecule has 2 N–H and O–H groups in total. The van der Waals surface area contributed by atoms with Crippen molar-refractivity contribution in [3.8, 4) is 11.1 Å². The maximum Gasteiger partial charge on any atom is 0.338 e. The van der Waals surface area contributed by atoms with Crippen molar-refractivity contribution in [2.75, 3.05) is 0 Å². The van der Waals surface area contributed by atoms with Crippen LogP contribution in [0.2, 0.25) is 0 Å². The lowest BCUT2D eigenvalue weighted by Crippen LogP contribution is -2.03. The predicted molar refractivity (Wildman–Crippen MR) is 59.4 cm³/mol. The Morgan fingerprint density at radius 1 is 1.18 bits per heavy atom. The normalized spacial score (nSPS) is 10.2. The van der Waals surface area contributed by atoms with E-state index in [1.54, 1.807) is 6.07 Å². The first kappa shape index (κ1) is 11.1. The molecule has 1 aromatic carbocycles. The number of aromatic amines is 1. The maximum atomic E-state index is 13.4. The Morgan fingerprint density at radius 3 is 2.47 bits per heavy atom. The van der Waals surface area contributed by atoms with E-state index in [1.807, 2.05) is 0 Å². The lowest BCUT2D eigenvalue weighted by Gasteiger charge is -2.03. The van der Waals surface area contributed by atoms with Crippen LogP contribution in [0.4, 0.5) is 4.39 Å². The molecule has 0 radical (unpaired) electrons. The number of nitrogens with one attached hydrogen (secondary N) is 1. The SMILES string of the molecule is O=C(O)c1ccc(-c2cc[nH]c(=O)c2)cc1F. The summed E-state index contributed by atoms with van der Waals surface area (Å²) < 4.78 is 13.4. The van der Waals surface area contributed by atoms with E-state index in [0.29, 0.717) is 11.1 Å². The van der Waals surface area contributed by atoms with Gasteiger partial charge in [-0.15, -0.1) is 0 Å². The van der Waals surface area contributed by atoms with E-state index in [9.17, 15) is 14.0 Å². The zero-order valence-corrected chi connectivity index (χ0v) is 8.61. The third kappa shape index (κ3) is 2.23. The topological polar surface area (TPSA) is 70.2 Å². The Labute approximate surface area is 95.4 Å². The molecule has 0 aliphatic carbocycles. The summed E-state index contributed by atoms with van der Waals surface area (Å²) in [7, 11) is 0. The number of carboxylic acid groups (broad SMARTS) is 1. The number of aromatic carboxylic acids is 1. The highest BCUT2D eigenvalue weighted by atomic mass is 19.1. The molecule has 2 aromatic rings. The minimum Gasteiger partial charge on any atom is -0.478 e. The first-order valence-corrected chi connectivity index (χ1v) is 4.80. The molecule has 1 aromatic heterocycles. The number of benzene rings is 1. The summed E-state index contributed by atoms with van der Waals surface area (Å²) in [6.07, 6.45) is 1.45. The molecule has 2 rings (SSSR count). The van der Waals surface area contributed by atoms with Gasteiger partial charge < -0.3 is 10.1 Å². The molecule has 17 heavy (non-hydrogen) atoms. The minimum absolute atomic E-state index is 0.301. The van der Waals surface area contributed by atoms with Crippen molar-refractivity contribution >= 4 is 5.97 Å². The first-order chi connectivity index (χ1) is 8.08. The number of pyridine rings is 1. The van der Waals surface area contributed by atoms with Gasteiger partial charge in [-0.1, -0.05) is 6.07 Å². The third-order valence-electron chi connectivity index (χ3n) is 2.31. The number of halogens is 1. The van der Waals surface area contributed by atoms with Gasteiger partial charge in [0.15, 0.2) is 0 Å². The molecular weight excluding hydrogens is 225 g/mol. The summed E-state index contributed by atoms with van der Waals surface area (Å²) in [6.45, 7) is 0. The van der Waals surface area contributed by atoms with E-state index in [-0.39, 0.29) is 5.56 Å². The Kier molecular flexibility index (Phi) is 2.74. The minimum atomic E-state index is -1.32. The summed E-state index contributed by atoms with van der Waals surface area (Å²) in [5.41, 5.74) is 0.298. The zero-order chi connectivity index (χ0) is 12.4. The van der Waals surface area contributed by atoms with Crippen molar-refractivity contribution < 1.29 is 14.3 Å². The second-order valence-corrected chi connectivity index (χ2v) is 3.44. The maximum absolute atomic E-state index is 13.4. The van der Waals surface area contributed by atoms with E-state index in [2.05, 4.69) is 4.98 Å². The van der Waals surface area contributed by atoms with Gasteiger partial charge in [-0.25, -0.2) is 9.18 Å². The first-order valence-electron chi connectivity index (χ1n) is 4.80. The van der Waals surface area contributed by atoms with E-state index >= 15 is 0 Å². The molecule has 0 bridgehead atoms. The molecule has 1 heterocycles. The molecule has 0 fully saturated rings. The van der Waals surface area contributed by atoms with E-state index in [0.717, 1.165) is 6.07 Å². The van der Waals surface area contributed by atoms with Crippen LogP contribution in [0.3, 0.4) is 0 Å². The average molecular weight is 233 g/mol. The van der Waals surface area contributed by atoms with Gasteiger partial charge in [0.25, 0.3) is 0 Å². The summed E-state index contributed by atoms with van der Waals surface area (Å²) in [4.78, 5) is 24.2. The summed E-state index contributed by atoms with van der Waals surface area (Å²) in [5.74, 6) is -2.14. The summed E-state index contributed by atoms with van der Waals surface area (Å²) >= 11 is 0. The van der Waals surface area contributed by atoms with Gasteiger partial charge in [0.2, 0.25) is 5.56 Å². The zero-order valence-electron chi connectivity index (χ0n) is 8.61. The molecule has 0 unspecified atom stereocenters. The molecule has 0 atom stereocenters. The second kappa shape index (κ2) is 4.21. The number of hydrogen-bond acceptors (Lipinski definition) is 2. The fourth-order valence-corrected chi connectivity index (χ4v) is 1.49. The standard InChI is InChI=1S/C12H8FNO3/c13-10-5-7(1-2-9(10)12(16)17)8-3-4-14-11(15)6-8/h1-6H,(H,14,15)(H,16,17). The Morgan fingerprint density at radius 2 is 1.88 bits per heavy atom. The summed E-state index contributed by atoms with van der Waals surface area (Å²) in [5, 5.41) is 8.68. The fourth-order valence-electron chi connectivity index (χ4n) is 1.49. The summed E-state index contributed by atoms with van der Waals surface area (Å²) in [6, 6.07) is 6.65.